The van der Waals surface area contributed by atoms with Crippen molar-refractivity contribution in [3.8, 4) is 17.2 Å². The number of hydrogen-bond donors (Lipinski definition) is 2. The third-order valence-electron chi connectivity index (χ3n) is 6.59. The number of hydrogen-bond acceptors (Lipinski definition) is 7. The molecule has 7 nitrogen and oxygen atoms in total. The highest BCUT2D eigenvalue weighted by molar-refractivity contribution is 7.99. The van der Waals surface area contributed by atoms with Gasteiger partial charge in [-0.1, -0.05) is 54.2 Å². The first-order valence-corrected chi connectivity index (χ1v) is 15.0. The van der Waals surface area contributed by atoms with Gasteiger partial charge in [-0.3, -0.25) is 9.69 Å². The second-order valence-electron chi connectivity index (χ2n) is 12.1. The van der Waals surface area contributed by atoms with Crippen LogP contribution in [-0.4, -0.2) is 62.1 Å². The smallest absolute Gasteiger partial charge is 0.224 e. The fourth-order valence-electron chi connectivity index (χ4n) is 3.98. The average molecular weight is 570 g/mol. The van der Waals surface area contributed by atoms with Crippen LogP contribution in [0.15, 0.2) is 48.7 Å². The molecule has 1 aliphatic rings. The number of nitrogens with one attached hydrogen (secondary N) is 2. The second kappa shape index (κ2) is 14.3. The summed E-state index contributed by atoms with van der Waals surface area (Å²) in [6.45, 7) is 22.0. The molecule has 0 spiro atoms. The topological polar surface area (TPSA) is 72.1 Å². The number of ether oxygens (including phenoxy) is 3. The Morgan fingerprint density at radius 3 is 2.38 bits per heavy atom. The predicted molar refractivity (Wildman–Crippen MR) is 167 cm³/mol. The molecule has 2 N–H and O–H groups in total. The summed E-state index contributed by atoms with van der Waals surface area (Å²) in [6, 6.07) is 11.8. The predicted octanol–water partition coefficient (Wildman–Crippen LogP) is 6.48. The van der Waals surface area contributed by atoms with Crippen LogP contribution in [0, 0.1) is 5.41 Å². The van der Waals surface area contributed by atoms with Gasteiger partial charge in [-0.05, 0) is 35.9 Å². The summed E-state index contributed by atoms with van der Waals surface area (Å²) in [5.41, 5.74) is 3.81. The third-order valence-corrected chi connectivity index (χ3v) is 7.91. The molecule has 2 aromatic rings. The standard InChI is InChI=1S/C32H47N3O4S/c1-23(31(2,3)4)34-26-10-12-27(25(21-26)22-40-32(5,6)7)39-29-19-24(9-11-28(29)37-8)20-30(36)33-13-14-35-15-17-38-18-16-35/h9-12,19,21,34H,1,13-18,20,22H2,2-8H3,(H,33,36). The van der Waals surface area contributed by atoms with Crippen molar-refractivity contribution < 1.29 is 19.0 Å². The molecule has 8 heteroatoms. The van der Waals surface area contributed by atoms with Gasteiger partial charge in [0, 0.05) is 59.0 Å². The van der Waals surface area contributed by atoms with E-state index in [4.69, 9.17) is 14.2 Å². The monoisotopic (exact) mass is 569 g/mol. The molecule has 1 aliphatic heterocycles. The third kappa shape index (κ3) is 10.4. The van der Waals surface area contributed by atoms with E-state index in [9.17, 15) is 4.79 Å². The zero-order chi connectivity index (χ0) is 29.3. The van der Waals surface area contributed by atoms with Crippen molar-refractivity contribution >= 4 is 23.4 Å². The van der Waals surface area contributed by atoms with Crippen molar-refractivity contribution in [1.29, 1.82) is 0 Å². The van der Waals surface area contributed by atoms with E-state index in [0.717, 1.165) is 66.9 Å². The number of carbonyl (C=O) groups excluding carboxylic acids is 1. The minimum atomic E-state index is -0.0574. The maximum atomic E-state index is 12.7. The molecule has 1 fully saturated rings. The van der Waals surface area contributed by atoms with Gasteiger partial charge in [-0.15, -0.1) is 0 Å². The zero-order valence-electron chi connectivity index (χ0n) is 25.3. The van der Waals surface area contributed by atoms with Crippen molar-refractivity contribution in [1.82, 2.24) is 10.2 Å². The lowest BCUT2D eigenvalue weighted by molar-refractivity contribution is -0.120. The van der Waals surface area contributed by atoms with Crippen LogP contribution in [-0.2, 0) is 21.7 Å². The van der Waals surface area contributed by atoms with Crippen molar-refractivity contribution in [2.75, 3.05) is 51.8 Å². The maximum Gasteiger partial charge on any atom is 0.224 e. The fraction of sp³-hybridized carbons (Fsp3) is 0.531. The summed E-state index contributed by atoms with van der Waals surface area (Å²) >= 11 is 1.86. The molecule has 0 saturated carbocycles. The lowest BCUT2D eigenvalue weighted by Gasteiger charge is -2.26. The first-order chi connectivity index (χ1) is 18.8. The lowest BCUT2D eigenvalue weighted by atomic mass is 9.93. The van der Waals surface area contributed by atoms with E-state index in [1.165, 1.54) is 0 Å². The van der Waals surface area contributed by atoms with Crippen molar-refractivity contribution in [2.45, 2.75) is 58.5 Å². The van der Waals surface area contributed by atoms with Crippen LogP contribution in [0.5, 0.6) is 17.2 Å². The van der Waals surface area contributed by atoms with Crippen LogP contribution in [0.2, 0.25) is 0 Å². The van der Waals surface area contributed by atoms with Crippen LogP contribution >= 0.6 is 11.8 Å². The fourth-order valence-corrected chi connectivity index (χ4v) is 4.80. The van der Waals surface area contributed by atoms with Crippen LogP contribution in [0.3, 0.4) is 0 Å². The van der Waals surface area contributed by atoms with Crippen LogP contribution < -0.4 is 20.1 Å². The molecule has 0 aliphatic carbocycles. The molecular weight excluding hydrogens is 522 g/mol. The van der Waals surface area contributed by atoms with Crippen molar-refractivity contribution in [3.63, 3.8) is 0 Å². The van der Waals surface area contributed by atoms with E-state index in [1.807, 2.05) is 42.1 Å². The van der Waals surface area contributed by atoms with Crippen molar-refractivity contribution in [3.05, 3.63) is 59.8 Å². The first kappa shape index (κ1) is 31.8. The number of morpholine rings is 1. The highest BCUT2D eigenvalue weighted by Crippen LogP contribution is 2.38. The average Bonchev–Trinajstić information content (AvgIpc) is 2.88. The molecule has 0 bridgehead atoms. The zero-order valence-corrected chi connectivity index (χ0v) is 26.1. The number of methoxy groups -OCH3 is 1. The molecule has 1 saturated heterocycles. The minimum absolute atomic E-state index is 0.0128. The molecular formula is C32H47N3O4S. The van der Waals surface area contributed by atoms with E-state index < -0.39 is 0 Å². The van der Waals surface area contributed by atoms with E-state index in [0.29, 0.717) is 18.0 Å². The van der Waals surface area contributed by atoms with Gasteiger partial charge < -0.3 is 24.8 Å². The van der Waals surface area contributed by atoms with Crippen LogP contribution in [0.4, 0.5) is 5.69 Å². The number of anilines is 1. The molecule has 0 aromatic heterocycles. The number of allylic oxidation sites excluding steroid dienone is 1. The second-order valence-corrected chi connectivity index (χ2v) is 13.9. The number of nitrogens with zero attached hydrogens (tertiary/aromatic N) is 1. The van der Waals surface area contributed by atoms with Gasteiger partial charge in [-0.25, -0.2) is 0 Å². The quantitative estimate of drug-likeness (QED) is 0.303. The molecule has 0 unspecified atom stereocenters. The van der Waals surface area contributed by atoms with Gasteiger partial charge in [0.15, 0.2) is 11.5 Å². The first-order valence-electron chi connectivity index (χ1n) is 14.0. The molecule has 3 rings (SSSR count). The Labute approximate surface area is 245 Å². The molecule has 220 valence electrons. The van der Waals surface area contributed by atoms with Gasteiger partial charge >= 0.3 is 0 Å². The summed E-state index contributed by atoms with van der Waals surface area (Å²) in [5, 5.41) is 6.50. The number of thioether (sulfide) groups is 1. The molecule has 1 heterocycles. The summed E-state index contributed by atoms with van der Waals surface area (Å²) < 4.78 is 17.6. The summed E-state index contributed by atoms with van der Waals surface area (Å²) in [5.74, 6) is 2.73. The van der Waals surface area contributed by atoms with E-state index >= 15 is 0 Å². The Morgan fingerprint density at radius 2 is 1.73 bits per heavy atom. The van der Waals surface area contributed by atoms with E-state index in [2.05, 4.69) is 69.7 Å². The Morgan fingerprint density at radius 1 is 1.02 bits per heavy atom. The molecule has 40 heavy (non-hydrogen) atoms. The van der Waals surface area contributed by atoms with Gasteiger partial charge in [0.1, 0.15) is 5.75 Å². The number of benzene rings is 2. The lowest BCUT2D eigenvalue weighted by Crippen LogP contribution is -2.41. The molecule has 0 radical (unpaired) electrons. The van der Waals surface area contributed by atoms with E-state index in [1.54, 1.807) is 7.11 Å². The molecule has 2 aromatic carbocycles. The van der Waals surface area contributed by atoms with Gasteiger partial charge in [-0.2, -0.15) is 11.8 Å². The summed E-state index contributed by atoms with van der Waals surface area (Å²) in [7, 11) is 1.63. The Bertz CT molecular complexity index is 1150. The van der Waals surface area contributed by atoms with Crippen LogP contribution in [0.25, 0.3) is 0 Å². The number of amides is 1. The Kier molecular flexibility index (Phi) is 11.4. The number of carbonyl (C=O) groups is 1. The molecule has 0 atom stereocenters. The largest absolute Gasteiger partial charge is 0.493 e. The maximum absolute atomic E-state index is 12.7. The van der Waals surface area contributed by atoms with E-state index in [-0.39, 0.29) is 22.5 Å². The molecule has 1 amide bonds. The number of rotatable bonds is 12. The normalized spacial score (nSPS) is 14.5. The Hall–Kier alpha value is -2.68. The van der Waals surface area contributed by atoms with Crippen molar-refractivity contribution in [2.24, 2.45) is 5.41 Å². The minimum Gasteiger partial charge on any atom is -0.493 e. The highest BCUT2D eigenvalue weighted by Gasteiger charge is 2.19. The summed E-state index contributed by atoms with van der Waals surface area (Å²) in [4.78, 5) is 15.0. The van der Waals surface area contributed by atoms with Gasteiger partial charge in [0.25, 0.3) is 0 Å². The highest BCUT2D eigenvalue weighted by atomic mass is 32.2. The van der Waals surface area contributed by atoms with Gasteiger partial charge in [0.2, 0.25) is 5.91 Å². The SMILES string of the molecule is C=C(Nc1ccc(Oc2cc(CC(=O)NCCN3CCOCC3)ccc2OC)c(CSC(C)(C)C)c1)C(C)(C)C. The van der Waals surface area contributed by atoms with Gasteiger partial charge in [0.05, 0.1) is 26.7 Å². The Balaban J connectivity index is 1.74. The van der Waals surface area contributed by atoms with Crippen LogP contribution in [0.1, 0.15) is 52.7 Å². The summed E-state index contributed by atoms with van der Waals surface area (Å²) in [6.07, 6.45) is 0.272.